The maximum atomic E-state index is 12.9. The highest BCUT2D eigenvalue weighted by molar-refractivity contribution is 5.86. The van der Waals surface area contributed by atoms with Crippen LogP contribution in [0.2, 0.25) is 0 Å². The van der Waals surface area contributed by atoms with Crippen molar-refractivity contribution in [1.82, 2.24) is 10.2 Å². The fraction of sp³-hybridized carbons (Fsp3) is 0.308. The van der Waals surface area contributed by atoms with Crippen LogP contribution in [0.1, 0.15) is 16.7 Å². The lowest BCUT2D eigenvalue weighted by molar-refractivity contribution is -0.141. The number of aliphatic carboxylic acids is 1. The second kappa shape index (κ2) is 5.55. The Labute approximate surface area is 122 Å². The molecule has 0 aliphatic carbocycles. The number of nitriles is 1. The topological polar surface area (TPSA) is 93.4 Å². The molecule has 2 rings (SSSR count). The van der Waals surface area contributed by atoms with Crippen LogP contribution in [0.4, 0.5) is 18.0 Å². The van der Waals surface area contributed by atoms with Crippen molar-refractivity contribution >= 4 is 12.0 Å². The number of carboxylic acids is 1. The molecule has 1 aliphatic rings. The molecule has 1 saturated heterocycles. The Bertz CT molecular complexity index is 667. The summed E-state index contributed by atoms with van der Waals surface area (Å²) in [5, 5.41) is 20.0. The van der Waals surface area contributed by atoms with Gasteiger partial charge in [-0.3, -0.25) is 0 Å². The average molecular weight is 313 g/mol. The Morgan fingerprint density at radius 3 is 2.73 bits per heavy atom. The fourth-order valence-electron chi connectivity index (χ4n) is 2.16. The van der Waals surface area contributed by atoms with Crippen molar-refractivity contribution in [3.05, 3.63) is 34.9 Å². The molecule has 2 amide bonds. The van der Waals surface area contributed by atoms with Gasteiger partial charge >= 0.3 is 18.2 Å². The number of carboxylic acid groups (broad SMARTS) is 1. The molecular formula is C13H10F3N3O3. The quantitative estimate of drug-likeness (QED) is 0.885. The number of carbonyl (C=O) groups is 2. The number of urea groups is 1. The summed E-state index contributed by atoms with van der Waals surface area (Å²) in [5.74, 6) is -1.25. The molecule has 0 radical (unpaired) electrons. The molecule has 1 aromatic rings. The van der Waals surface area contributed by atoms with Gasteiger partial charge in [-0.25, -0.2) is 9.59 Å². The van der Waals surface area contributed by atoms with Gasteiger partial charge in [0.1, 0.15) is 6.04 Å². The van der Waals surface area contributed by atoms with E-state index in [2.05, 4.69) is 5.32 Å². The molecule has 0 aromatic heterocycles. The van der Waals surface area contributed by atoms with Crippen LogP contribution in [0.3, 0.4) is 0 Å². The van der Waals surface area contributed by atoms with E-state index in [9.17, 15) is 22.8 Å². The molecule has 1 heterocycles. The normalized spacial score (nSPS) is 18.0. The molecular weight excluding hydrogens is 303 g/mol. The van der Waals surface area contributed by atoms with E-state index in [4.69, 9.17) is 10.4 Å². The Balaban J connectivity index is 2.32. The lowest BCUT2D eigenvalue weighted by Gasteiger charge is -2.20. The zero-order valence-corrected chi connectivity index (χ0v) is 11.0. The van der Waals surface area contributed by atoms with E-state index in [-0.39, 0.29) is 18.7 Å². The first-order chi connectivity index (χ1) is 10.2. The molecule has 9 heteroatoms. The molecule has 1 atom stereocenters. The lowest BCUT2D eigenvalue weighted by atomic mass is 10.0. The van der Waals surface area contributed by atoms with Gasteiger partial charge in [-0.05, 0) is 17.7 Å². The number of carbonyl (C=O) groups excluding carboxylic acids is 1. The predicted octanol–water partition coefficient (Wildman–Crippen LogP) is 1.56. The molecule has 116 valence electrons. The summed E-state index contributed by atoms with van der Waals surface area (Å²) < 4.78 is 38.6. The average Bonchev–Trinajstić information content (AvgIpc) is 2.79. The van der Waals surface area contributed by atoms with Crippen LogP contribution in [0.25, 0.3) is 0 Å². The van der Waals surface area contributed by atoms with E-state index >= 15 is 0 Å². The Kier molecular flexibility index (Phi) is 3.95. The molecule has 1 aromatic carbocycles. The first-order valence-corrected chi connectivity index (χ1v) is 6.11. The van der Waals surface area contributed by atoms with Crippen molar-refractivity contribution in [2.75, 3.05) is 6.54 Å². The van der Waals surface area contributed by atoms with Crippen molar-refractivity contribution in [2.45, 2.75) is 18.8 Å². The van der Waals surface area contributed by atoms with Crippen LogP contribution in [0, 0.1) is 11.3 Å². The number of hydrogen-bond donors (Lipinski definition) is 2. The number of halogens is 3. The molecule has 6 nitrogen and oxygen atoms in total. The van der Waals surface area contributed by atoms with Gasteiger partial charge in [-0.2, -0.15) is 18.4 Å². The van der Waals surface area contributed by atoms with Crippen molar-refractivity contribution in [3.8, 4) is 6.07 Å². The van der Waals surface area contributed by atoms with Crippen molar-refractivity contribution in [2.24, 2.45) is 0 Å². The Hall–Kier alpha value is -2.76. The van der Waals surface area contributed by atoms with Gasteiger partial charge in [-0.15, -0.1) is 0 Å². The largest absolute Gasteiger partial charge is 0.480 e. The van der Waals surface area contributed by atoms with E-state index in [0.717, 1.165) is 17.0 Å². The number of nitrogens with one attached hydrogen (secondary N) is 1. The van der Waals surface area contributed by atoms with E-state index < -0.39 is 35.3 Å². The van der Waals surface area contributed by atoms with Crippen LogP contribution in [-0.4, -0.2) is 34.6 Å². The van der Waals surface area contributed by atoms with Gasteiger partial charge in [0.05, 0.1) is 23.7 Å². The van der Waals surface area contributed by atoms with E-state index in [1.807, 2.05) is 0 Å². The van der Waals surface area contributed by atoms with Gasteiger partial charge < -0.3 is 15.3 Å². The SMILES string of the molecule is N#Cc1ccc(CN2C(=O)NCC2C(=O)O)cc1C(F)(F)F. The maximum absolute atomic E-state index is 12.9. The summed E-state index contributed by atoms with van der Waals surface area (Å²) in [5.41, 5.74) is -1.55. The number of hydrogen-bond acceptors (Lipinski definition) is 3. The highest BCUT2D eigenvalue weighted by Crippen LogP contribution is 2.32. The summed E-state index contributed by atoms with van der Waals surface area (Å²) >= 11 is 0. The zero-order chi connectivity index (χ0) is 16.5. The second-order valence-electron chi connectivity index (χ2n) is 4.66. The summed E-state index contributed by atoms with van der Waals surface area (Å²) in [4.78, 5) is 23.5. The van der Waals surface area contributed by atoms with E-state index in [1.165, 1.54) is 12.1 Å². The Morgan fingerprint density at radius 2 is 2.18 bits per heavy atom. The van der Waals surface area contributed by atoms with Gasteiger partial charge in [0.25, 0.3) is 0 Å². The number of nitrogens with zero attached hydrogens (tertiary/aromatic N) is 2. The summed E-state index contributed by atoms with van der Waals surface area (Å²) in [6.45, 7) is -0.409. The molecule has 1 unspecified atom stereocenters. The first-order valence-electron chi connectivity index (χ1n) is 6.11. The maximum Gasteiger partial charge on any atom is 0.417 e. The molecule has 22 heavy (non-hydrogen) atoms. The third-order valence-corrected chi connectivity index (χ3v) is 3.23. The van der Waals surface area contributed by atoms with Crippen LogP contribution in [0.15, 0.2) is 18.2 Å². The summed E-state index contributed by atoms with van der Waals surface area (Å²) in [6, 6.07) is 2.67. The highest BCUT2D eigenvalue weighted by atomic mass is 19.4. The molecule has 0 bridgehead atoms. The third-order valence-electron chi connectivity index (χ3n) is 3.23. The monoisotopic (exact) mass is 313 g/mol. The number of rotatable bonds is 3. The van der Waals surface area contributed by atoms with Crippen LogP contribution in [0.5, 0.6) is 0 Å². The van der Waals surface area contributed by atoms with Gasteiger partial charge in [0, 0.05) is 6.54 Å². The molecule has 1 fully saturated rings. The van der Waals surface area contributed by atoms with Crippen LogP contribution < -0.4 is 5.32 Å². The van der Waals surface area contributed by atoms with Crippen molar-refractivity contribution in [1.29, 1.82) is 5.26 Å². The van der Waals surface area contributed by atoms with Crippen LogP contribution in [-0.2, 0) is 17.5 Å². The van der Waals surface area contributed by atoms with Crippen molar-refractivity contribution < 1.29 is 27.9 Å². The zero-order valence-electron chi connectivity index (χ0n) is 11.0. The fourth-order valence-corrected chi connectivity index (χ4v) is 2.16. The number of alkyl halides is 3. The first kappa shape index (κ1) is 15.6. The smallest absolute Gasteiger partial charge is 0.417 e. The highest BCUT2D eigenvalue weighted by Gasteiger charge is 2.37. The molecule has 2 N–H and O–H groups in total. The standard InChI is InChI=1S/C13H10F3N3O3/c14-13(15,16)9-3-7(1-2-8(9)4-17)6-19-10(11(20)21)5-18-12(19)22/h1-3,10H,5-6H2,(H,18,22)(H,20,21). The van der Waals surface area contributed by atoms with Crippen molar-refractivity contribution in [3.63, 3.8) is 0 Å². The molecule has 0 spiro atoms. The Morgan fingerprint density at radius 1 is 1.50 bits per heavy atom. The van der Waals surface area contributed by atoms with Crippen LogP contribution >= 0.6 is 0 Å². The number of amides is 2. The van der Waals surface area contributed by atoms with Gasteiger partial charge in [0.15, 0.2) is 0 Å². The molecule has 1 aliphatic heterocycles. The lowest BCUT2D eigenvalue weighted by Crippen LogP contribution is -2.39. The second-order valence-corrected chi connectivity index (χ2v) is 4.66. The third kappa shape index (κ3) is 2.95. The minimum Gasteiger partial charge on any atom is -0.480 e. The molecule has 0 saturated carbocycles. The van der Waals surface area contributed by atoms with Gasteiger partial charge in [-0.1, -0.05) is 6.07 Å². The van der Waals surface area contributed by atoms with Gasteiger partial charge in [0.2, 0.25) is 0 Å². The number of benzene rings is 1. The minimum absolute atomic E-state index is 0.0922. The van der Waals surface area contributed by atoms with E-state index in [0.29, 0.717) is 0 Å². The minimum atomic E-state index is -4.71. The summed E-state index contributed by atoms with van der Waals surface area (Å²) in [6.07, 6.45) is -4.71. The van der Waals surface area contributed by atoms with E-state index in [1.54, 1.807) is 0 Å². The summed E-state index contributed by atoms with van der Waals surface area (Å²) in [7, 11) is 0. The predicted molar refractivity (Wildman–Crippen MR) is 66.5 cm³/mol.